The molecular formula is C16H15ClO3. The van der Waals surface area contributed by atoms with Crippen LogP contribution in [0.4, 0.5) is 0 Å². The van der Waals surface area contributed by atoms with Gasteiger partial charge < -0.3 is 14.6 Å². The maximum Gasteiger partial charge on any atom is 0.127 e. The van der Waals surface area contributed by atoms with Gasteiger partial charge in [0.1, 0.15) is 17.6 Å². The summed E-state index contributed by atoms with van der Waals surface area (Å²) < 4.78 is 11.1. The Kier molecular flexibility index (Phi) is 3.55. The zero-order chi connectivity index (χ0) is 14.1. The van der Waals surface area contributed by atoms with Gasteiger partial charge in [-0.25, -0.2) is 0 Å². The summed E-state index contributed by atoms with van der Waals surface area (Å²) >= 11 is 5.95. The number of aliphatic hydroxyl groups excluding tert-OH is 1. The Labute approximate surface area is 122 Å². The molecule has 3 nitrogen and oxygen atoms in total. The third kappa shape index (κ3) is 2.47. The Balaban J connectivity index is 1.88. The van der Waals surface area contributed by atoms with E-state index in [9.17, 15) is 5.11 Å². The molecule has 0 radical (unpaired) electrons. The summed E-state index contributed by atoms with van der Waals surface area (Å²) in [6.45, 7) is 0. The Hall–Kier alpha value is -1.71. The van der Waals surface area contributed by atoms with Crippen LogP contribution in [0.3, 0.4) is 0 Å². The topological polar surface area (TPSA) is 38.7 Å². The van der Waals surface area contributed by atoms with Crippen LogP contribution in [0.5, 0.6) is 11.5 Å². The van der Waals surface area contributed by atoms with E-state index in [4.69, 9.17) is 21.1 Å². The average Bonchev–Trinajstić information content (AvgIpc) is 2.48. The average molecular weight is 291 g/mol. The molecule has 0 saturated carbocycles. The van der Waals surface area contributed by atoms with Gasteiger partial charge in [0.15, 0.2) is 0 Å². The van der Waals surface area contributed by atoms with Gasteiger partial charge in [-0.2, -0.15) is 0 Å². The van der Waals surface area contributed by atoms with Crippen molar-refractivity contribution >= 4 is 11.6 Å². The third-order valence-corrected chi connectivity index (χ3v) is 3.76. The van der Waals surface area contributed by atoms with Crippen molar-refractivity contribution in [3.8, 4) is 11.5 Å². The number of rotatable bonds is 2. The van der Waals surface area contributed by atoms with Crippen LogP contribution in [0.15, 0.2) is 42.5 Å². The molecule has 20 heavy (non-hydrogen) atoms. The first-order valence-electron chi connectivity index (χ1n) is 6.45. The number of hydrogen-bond donors (Lipinski definition) is 1. The van der Waals surface area contributed by atoms with E-state index in [1.54, 1.807) is 25.3 Å². The van der Waals surface area contributed by atoms with Crippen molar-refractivity contribution < 1.29 is 14.6 Å². The highest BCUT2D eigenvalue weighted by Gasteiger charge is 2.28. The molecule has 0 amide bonds. The SMILES string of the molecule is COc1ccc(C2CC(O)c3cc(Cl)ccc3O2)cc1. The van der Waals surface area contributed by atoms with Crippen molar-refractivity contribution in [1.82, 2.24) is 0 Å². The highest BCUT2D eigenvalue weighted by atomic mass is 35.5. The molecule has 0 aromatic heterocycles. The lowest BCUT2D eigenvalue weighted by Gasteiger charge is -2.30. The Morgan fingerprint density at radius 1 is 1.20 bits per heavy atom. The molecule has 2 atom stereocenters. The van der Waals surface area contributed by atoms with Crippen LogP contribution >= 0.6 is 11.6 Å². The molecule has 0 fully saturated rings. The summed E-state index contributed by atoms with van der Waals surface area (Å²) in [7, 11) is 1.63. The first-order chi connectivity index (χ1) is 9.67. The van der Waals surface area contributed by atoms with Crippen LogP contribution in [-0.4, -0.2) is 12.2 Å². The van der Waals surface area contributed by atoms with E-state index >= 15 is 0 Å². The molecule has 2 unspecified atom stereocenters. The summed E-state index contributed by atoms with van der Waals surface area (Å²) in [4.78, 5) is 0. The second-order valence-electron chi connectivity index (χ2n) is 4.81. The fourth-order valence-corrected chi connectivity index (χ4v) is 2.62. The maximum atomic E-state index is 10.3. The largest absolute Gasteiger partial charge is 0.497 e. The lowest BCUT2D eigenvalue weighted by molar-refractivity contribution is 0.0657. The van der Waals surface area contributed by atoms with Crippen molar-refractivity contribution in [3.05, 3.63) is 58.6 Å². The molecule has 0 bridgehead atoms. The second kappa shape index (κ2) is 5.35. The van der Waals surface area contributed by atoms with Crippen molar-refractivity contribution in [1.29, 1.82) is 0 Å². The summed E-state index contributed by atoms with van der Waals surface area (Å²) in [5.41, 5.74) is 1.77. The summed E-state index contributed by atoms with van der Waals surface area (Å²) in [5.74, 6) is 1.49. The molecule has 1 N–H and O–H groups in total. The number of methoxy groups -OCH3 is 1. The second-order valence-corrected chi connectivity index (χ2v) is 5.25. The molecule has 2 aromatic rings. The summed E-state index contributed by atoms with van der Waals surface area (Å²) in [6.07, 6.45) is -0.214. The number of hydrogen-bond acceptors (Lipinski definition) is 3. The predicted octanol–water partition coefficient (Wildman–Crippen LogP) is 3.91. The molecule has 1 heterocycles. The first kappa shape index (κ1) is 13.3. The van der Waals surface area contributed by atoms with Gasteiger partial charge in [-0.1, -0.05) is 23.7 Å². The highest BCUT2D eigenvalue weighted by Crippen LogP contribution is 2.41. The van der Waals surface area contributed by atoms with Crippen LogP contribution < -0.4 is 9.47 Å². The number of fused-ring (bicyclic) bond motifs is 1. The quantitative estimate of drug-likeness (QED) is 0.911. The van der Waals surface area contributed by atoms with Gasteiger partial charge >= 0.3 is 0 Å². The van der Waals surface area contributed by atoms with Gasteiger partial charge in [-0.3, -0.25) is 0 Å². The molecule has 2 aromatic carbocycles. The minimum Gasteiger partial charge on any atom is -0.497 e. The number of aliphatic hydroxyl groups is 1. The van der Waals surface area contributed by atoms with E-state index in [2.05, 4.69) is 0 Å². The monoisotopic (exact) mass is 290 g/mol. The van der Waals surface area contributed by atoms with Crippen molar-refractivity contribution in [2.45, 2.75) is 18.6 Å². The lowest BCUT2D eigenvalue weighted by Crippen LogP contribution is -2.18. The van der Waals surface area contributed by atoms with Gasteiger partial charge in [-0.15, -0.1) is 0 Å². The van der Waals surface area contributed by atoms with Gasteiger partial charge in [0, 0.05) is 17.0 Å². The standard InChI is InChI=1S/C16H15ClO3/c1-19-12-5-2-10(3-6-12)16-9-14(18)13-8-11(17)4-7-15(13)20-16/h2-8,14,16,18H,9H2,1H3. The van der Waals surface area contributed by atoms with Gasteiger partial charge in [0.25, 0.3) is 0 Å². The number of halogens is 1. The molecule has 0 spiro atoms. The minimum absolute atomic E-state index is 0.162. The molecule has 0 saturated heterocycles. The van der Waals surface area contributed by atoms with E-state index in [1.807, 2.05) is 24.3 Å². The Bertz CT molecular complexity index is 610. The summed E-state index contributed by atoms with van der Waals surface area (Å²) in [5, 5.41) is 10.9. The Morgan fingerprint density at radius 2 is 1.95 bits per heavy atom. The fraction of sp³-hybridized carbons (Fsp3) is 0.250. The van der Waals surface area contributed by atoms with Gasteiger partial charge in [0.05, 0.1) is 13.2 Å². The van der Waals surface area contributed by atoms with Crippen LogP contribution in [-0.2, 0) is 0 Å². The molecule has 1 aliphatic rings. The molecule has 0 aliphatic carbocycles. The van der Waals surface area contributed by atoms with Gasteiger partial charge in [0.2, 0.25) is 0 Å². The molecule has 4 heteroatoms. The predicted molar refractivity (Wildman–Crippen MR) is 77.4 cm³/mol. The summed E-state index contributed by atoms with van der Waals surface area (Å²) in [6, 6.07) is 13.0. The zero-order valence-corrected chi connectivity index (χ0v) is 11.8. The van der Waals surface area contributed by atoms with Crippen molar-refractivity contribution in [3.63, 3.8) is 0 Å². The lowest BCUT2D eigenvalue weighted by atomic mass is 9.95. The molecule has 1 aliphatic heterocycles. The van der Waals surface area contributed by atoms with Gasteiger partial charge in [-0.05, 0) is 35.9 Å². The van der Waals surface area contributed by atoms with Crippen molar-refractivity contribution in [2.24, 2.45) is 0 Å². The Morgan fingerprint density at radius 3 is 2.65 bits per heavy atom. The van der Waals surface area contributed by atoms with E-state index in [-0.39, 0.29) is 6.10 Å². The molecular weight excluding hydrogens is 276 g/mol. The highest BCUT2D eigenvalue weighted by molar-refractivity contribution is 6.30. The smallest absolute Gasteiger partial charge is 0.127 e. The zero-order valence-electron chi connectivity index (χ0n) is 11.0. The van der Waals surface area contributed by atoms with Crippen LogP contribution in [0.25, 0.3) is 0 Å². The van der Waals surface area contributed by atoms with E-state index in [0.717, 1.165) is 16.9 Å². The fourth-order valence-electron chi connectivity index (χ4n) is 2.44. The van der Waals surface area contributed by atoms with E-state index in [1.165, 1.54) is 0 Å². The van der Waals surface area contributed by atoms with Crippen LogP contribution in [0, 0.1) is 0 Å². The molecule has 3 rings (SSSR count). The van der Waals surface area contributed by atoms with E-state index < -0.39 is 6.10 Å². The molecule has 104 valence electrons. The van der Waals surface area contributed by atoms with Crippen LogP contribution in [0.1, 0.15) is 29.8 Å². The normalized spacial score (nSPS) is 20.9. The minimum atomic E-state index is -0.565. The van der Waals surface area contributed by atoms with E-state index in [0.29, 0.717) is 17.2 Å². The first-order valence-corrected chi connectivity index (χ1v) is 6.83. The van der Waals surface area contributed by atoms with Crippen LogP contribution in [0.2, 0.25) is 5.02 Å². The number of benzene rings is 2. The third-order valence-electron chi connectivity index (χ3n) is 3.52. The van der Waals surface area contributed by atoms with Crippen molar-refractivity contribution in [2.75, 3.05) is 7.11 Å². The maximum absolute atomic E-state index is 10.3. The number of ether oxygens (including phenoxy) is 2.